The van der Waals surface area contributed by atoms with Crippen molar-refractivity contribution in [1.82, 2.24) is 4.90 Å². The van der Waals surface area contributed by atoms with Crippen molar-refractivity contribution < 1.29 is 18.9 Å². The maximum atomic E-state index is 7.34. The monoisotopic (exact) mass is 541 g/mol. The summed E-state index contributed by atoms with van der Waals surface area (Å²) in [6.45, 7) is 16.4. The van der Waals surface area contributed by atoms with Gasteiger partial charge in [0.1, 0.15) is 25.1 Å². The van der Waals surface area contributed by atoms with Crippen LogP contribution in [0.4, 0.5) is 0 Å². The lowest BCUT2D eigenvalue weighted by Crippen LogP contribution is -2.84. The Balaban J connectivity index is 1.31. The molecule has 3 aliphatic heterocycles. The van der Waals surface area contributed by atoms with Crippen LogP contribution < -0.4 is 9.47 Å². The van der Waals surface area contributed by atoms with E-state index in [2.05, 4.69) is 81.6 Å². The van der Waals surface area contributed by atoms with Crippen LogP contribution in [0.15, 0.2) is 55.1 Å². The molecule has 0 amide bonds. The maximum Gasteiger partial charge on any atom is 0.166 e. The van der Waals surface area contributed by atoms with E-state index in [-0.39, 0.29) is 39.5 Å². The highest BCUT2D eigenvalue weighted by Gasteiger charge is 2.83. The molecule has 3 heterocycles. The first-order valence-electron chi connectivity index (χ1n) is 15.3. The van der Waals surface area contributed by atoms with Crippen molar-refractivity contribution in [1.29, 1.82) is 0 Å². The number of hydrogen-bond acceptors (Lipinski definition) is 5. The minimum absolute atomic E-state index is 0.0259. The van der Waals surface area contributed by atoms with Crippen molar-refractivity contribution in [3.8, 4) is 11.5 Å². The predicted octanol–water partition coefficient (Wildman–Crippen LogP) is 6.43. The zero-order valence-electron chi connectivity index (χ0n) is 24.5. The molecular weight excluding hydrogens is 498 g/mol. The largest absolute Gasteiger partial charge is 0.485 e. The SMILES string of the molecule is C=CCN1CC[C@]23c4c5ccc(OCc6ccccc6)c4O[C@H]2[C@@]24CC[C@@]3(CC2[C@@](C)(C(C)(C)C)OCO4)[C@H]1C5. The smallest absolute Gasteiger partial charge is 0.166 e. The predicted molar refractivity (Wildman–Crippen MR) is 155 cm³/mol. The van der Waals surface area contributed by atoms with Gasteiger partial charge in [-0.2, -0.15) is 0 Å². The molecule has 9 rings (SSSR count). The summed E-state index contributed by atoms with van der Waals surface area (Å²) < 4.78 is 27.5. The molecule has 1 unspecified atom stereocenters. The van der Waals surface area contributed by atoms with Gasteiger partial charge in [0, 0.05) is 34.9 Å². The maximum absolute atomic E-state index is 7.34. The summed E-state index contributed by atoms with van der Waals surface area (Å²) in [5.74, 6) is 2.13. The van der Waals surface area contributed by atoms with Gasteiger partial charge in [0.25, 0.3) is 0 Å². The van der Waals surface area contributed by atoms with Gasteiger partial charge in [-0.1, -0.05) is 63.2 Å². The number of likely N-dealkylation sites (tertiary alicyclic amines) is 1. The molecule has 0 aromatic heterocycles. The molecule has 7 aliphatic rings. The van der Waals surface area contributed by atoms with E-state index in [9.17, 15) is 0 Å². The van der Waals surface area contributed by atoms with Crippen molar-refractivity contribution in [2.24, 2.45) is 16.7 Å². The van der Waals surface area contributed by atoms with Gasteiger partial charge in [-0.05, 0) is 68.2 Å². The molecule has 2 saturated heterocycles. The molecular formula is C35H43NO4. The summed E-state index contributed by atoms with van der Waals surface area (Å²) in [6.07, 6.45) is 7.54. The van der Waals surface area contributed by atoms with E-state index in [1.807, 2.05) is 6.07 Å². The summed E-state index contributed by atoms with van der Waals surface area (Å²) in [4.78, 5) is 2.73. The second-order valence-electron chi connectivity index (χ2n) is 14.6. The molecule has 40 heavy (non-hydrogen) atoms. The third-order valence-corrected chi connectivity index (χ3v) is 12.5. The molecule has 3 saturated carbocycles. The van der Waals surface area contributed by atoms with Gasteiger partial charge >= 0.3 is 0 Å². The molecule has 0 radical (unpaired) electrons. The van der Waals surface area contributed by atoms with E-state index in [1.54, 1.807) is 0 Å². The Kier molecular flexibility index (Phi) is 5.17. The lowest BCUT2D eigenvalue weighted by Gasteiger charge is -2.76. The van der Waals surface area contributed by atoms with Crippen LogP contribution in [0.25, 0.3) is 0 Å². The van der Waals surface area contributed by atoms with Crippen molar-refractivity contribution in [3.05, 3.63) is 71.8 Å². The quantitative estimate of drug-likeness (QED) is 0.408. The molecule has 5 heteroatoms. The van der Waals surface area contributed by atoms with Crippen LogP contribution in [-0.2, 0) is 27.9 Å². The number of benzene rings is 2. The lowest BCUT2D eigenvalue weighted by molar-refractivity contribution is -0.389. The summed E-state index contributed by atoms with van der Waals surface area (Å²) in [5, 5.41) is 0. The van der Waals surface area contributed by atoms with Crippen LogP contribution in [0.1, 0.15) is 70.1 Å². The first-order chi connectivity index (χ1) is 19.2. The van der Waals surface area contributed by atoms with Crippen LogP contribution in [0, 0.1) is 16.7 Å². The van der Waals surface area contributed by atoms with Gasteiger partial charge in [0.15, 0.2) is 11.5 Å². The molecule has 5 nitrogen and oxygen atoms in total. The Morgan fingerprint density at radius 3 is 2.67 bits per heavy atom. The van der Waals surface area contributed by atoms with E-state index >= 15 is 0 Å². The van der Waals surface area contributed by atoms with Crippen molar-refractivity contribution in [2.45, 2.75) is 95.2 Å². The standard InChI is InChI=1S/C35H43NO4/c1-6-17-36-18-16-34-28-24-12-13-25(37-21-23-10-8-7-9-11-23)29(28)40-30(34)35-15-14-33(34,27(36)19-24)20-26(35)32(5,31(2,3)4)38-22-39-35/h6-13,26-27,30H,1,14-22H2,2-5H3/t26?,27-,30-,32+,33-,34+,35-/m1/s1. The van der Waals surface area contributed by atoms with E-state index in [4.69, 9.17) is 18.9 Å². The summed E-state index contributed by atoms with van der Waals surface area (Å²) in [7, 11) is 0. The van der Waals surface area contributed by atoms with E-state index in [0.29, 0.717) is 19.4 Å². The number of ether oxygens (including phenoxy) is 4. The van der Waals surface area contributed by atoms with Gasteiger partial charge in [-0.3, -0.25) is 4.90 Å². The van der Waals surface area contributed by atoms with Crippen molar-refractivity contribution in [2.75, 3.05) is 19.9 Å². The Morgan fingerprint density at radius 2 is 1.90 bits per heavy atom. The van der Waals surface area contributed by atoms with Crippen LogP contribution in [0.5, 0.6) is 11.5 Å². The molecule has 2 aromatic carbocycles. The summed E-state index contributed by atoms with van der Waals surface area (Å²) >= 11 is 0. The highest BCUT2D eigenvalue weighted by molar-refractivity contribution is 5.64. The summed E-state index contributed by atoms with van der Waals surface area (Å²) in [5.41, 5.74) is 3.42. The van der Waals surface area contributed by atoms with Gasteiger partial charge in [0.2, 0.25) is 0 Å². The molecule has 0 N–H and O–H groups in total. The Hall–Kier alpha value is -2.34. The number of piperidine rings is 1. The van der Waals surface area contributed by atoms with E-state index in [1.165, 1.54) is 23.1 Å². The first-order valence-corrected chi connectivity index (χ1v) is 15.3. The number of rotatable bonds is 5. The van der Waals surface area contributed by atoms with Crippen LogP contribution in [-0.4, -0.2) is 48.1 Å². The molecule has 3 spiro atoms. The Labute approximate surface area is 238 Å². The minimum atomic E-state index is -0.364. The third-order valence-electron chi connectivity index (χ3n) is 12.5. The minimum Gasteiger partial charge on any atom is -0.485 e. The Bertz CT molecular complexity index is 1370. The van der Waals surface area contributed by atoms with Crippen molar-refractivity contribution in [3.63, 3.8) is 0 Å². The molecule has 4 aliphatic carbocycles. The molecule has 2 aromatic rings. The highest BCUT2D eigenvalue weighted by Crippen LogP contribution is 2.78. The summed E-state index contributed by atoms with van der Waals surface area (Å²) in [6, 6.07) is 15.4. The number of fused-ring (bicyclic) bond motifs is 1. The van der Waals surface area contributed by atoms with Gasteiger partial charge < -0.3 is 18.9 Å². The first kappa shape index (κ1) is 25.4. The van der Waals surface area contributed by atoms with Gasteiger partial charge in [-0.15, -0.1) is 6.58 Å². The Morgan fingerprint density at radius 1 is 1.07 bits per heavy atom. The number of nitrogens with zero attached hydrogens (tertiary/aromatic N) is 1. The second kappa shape index (κ2) is 8.14. The topological polar surface area (TPSA) is 40.2 Å². The van der Waals surface area contributed by atoms with Crippen LogP contribution in [0.2, 0.25) is 0 Å². The van der Waals surface area contributed by atoms with Gasteiger partial charge in [-0.25, -0.2) is 0 Å². The second-order valence-corrected chi connectivity index (χ2v) is 14.6. The zero-order valence-corrected chi connectivity index (χ0v) is 24.5. The van der Waals surface area contributed by atoms with Gasteiger partial charge in [0.05, 0.1) is 5.60 Å². The lowest BCUT2D eigenvalue weighted by atomic mass is 9.33. The molecule has 4 bridgehead atoms. The highest BCUT2D eigenvalue weighted by atomic mass is 16.7. The molecule has 5 fully saturated rings. The zero-order chi connectivity index (χ0) is 27.5. The third kappa shape index (κ3) is 2.85. The van der Waals surface area contributed by atoms with Crippen molar-refractivity contribution >= 4 is 0 Å². The molecule has 212 valence electrons. The van der Waals surface area contributed by atoms with E-state index in [0.717, 1.165) is 50.3 Å². The van der Waals surface area contributed by atoms with E-state index < -0.39 is 0 Å². The van der Waals surface area contributed by atoms with Crippen LogP contribution >= 0.6 is 0 Å². The average molecular weight is 542 g/mol. The molecule has 7 atom stereocenters. The normalized spacial score (nSPS) is 40.6. The fourth-order valence-corrected chi connectivity index (χ4v) is 10.4. The average Bonchev–Trinajstić information content (AvgIpc) is 3.31. The fourth-order valence-electron chi connectivity index (χ4n) is 10.4. The number of hydrogen-bond donors (Lipinski definition) is 0. The fraction of sp³-hybridized carbons (Fsp3) is 0.600. The van der Waals surface area contributed by atoms with Crippen LogP contribution in [0.3, 0.4) is 0 Å².